The van der Waals surface area contributed by atoms with Gasteiger partial charge in [0.05, 0.1) is 12.7 Å². The molecule has 0 saturated carbocycles. The van der Waals surface area contributed by atoms with Crippen molar-refractivity contribution in [2.45, 2.75) is 18.9 Å². The maximum atomic E-state index is 11.3. The lowest BCUT2D eigenvalue weighted by Gasteiger charge is -2.22. The summed E-state index contributed by atoms with van der Waals surface area (Å²) in [5.41, 5.74) is 1.05. The SMILES string of the molecule is O=C1CCOC(c2cc(Br)cc(Br)c2)C1. The van der Waals surface area contributed by atoms with Crippen LogP contribution in [-0.2, 0) is 9.53 Å². The molecular formula is C11H10Br2O2. The van der Waals surface area contributed by atoms with E-state index in [1.165, 1.54) is 0 Å². The van der Waals surface area contributed by atoms with Gasteiger partial charge in [0, 0.05) is 21.8 Å². The van der Waals surface area contributed by atoms with Gasteiger partial charge in [-0.15, -0.1) is 0 Å². The number of rotatable bonds is 1. The molecule has 4 heteroatoms. The lowest BCUT2D eigenvalue weighted by atomic mass is 10.0. The van der Waals surface area contributed by atoms with E-state index in [2.05, 4.69) is 31.9 Å². The minimum absolute atomic E-state index is 0.0833. The van der Waals surface area contributed by atoms with E-state index in [0.717, 1.165) is 14.5 Å². The fraction of sp³-hybridized carbons (Fsp3) is 0.364. The van der Waals surface area contributed by atoms with Crippen molar-refractivity contribution >= 4 is 37.6 Å². The van der Waals surface area contributed by atoms with E-state index in [9.17, 15) is 4.79 Å². The minimum atomic E-state index is -0.0833. The molecule has 1 unspecified atom stereocenters. The van der Waals surface area contributed by atoms with Gasteiger partial charge in [-0.25, -0.2) is 0 Å². The molecule has 0 spiro atoms. The maximum Gasteiger partial charge on any atom is 0.138 e. The van der Waals surface area contributed by atoms with E-state index < -0.39 is 0 Å². The highest BCUT2D eigenvalue weighted by molar-refractivity contribution is 9.11. The van der Waals surface area contributed by atoms with Gasteiger partial charge in [0.2, 0.25) is 0 Å². The van der Waals surface area contributed by atoms with Gasteiger partial charge in [0.1, 0.15) is 5.78 Å². The first kappa shape index (κ1) is 11.3. The van der Waals surface area contributed by atoms with Crippen LogP contribution < -0.4 is 0 Å². The molecule has 1 aromatic rings. The molecule has 1 atom stereocenters. The largest absolute Gasteiger partial charge is 0.373 e. The van der Waals surface area contributed by atoms with Crippen molar-refractivity contribution in [3.63, 3.8) is 0 Å². The molecule has 1 fully saturated rings. The van der Waals surface area contributed by atoms with Crippen molar-refractivity contribution in [3.05, 3.63) is 32.7 Å². The van der Waals surface area contributed by atoms with Crippen LogP contribution in [0, 0.1) is 0 Å². The molecular weight excluding hydrogens is 324 g/mol. The van der Waals surface area contributed by atoms with Crippen molar-refractivity contribution in [3.8, 4) is 0 Å². The molecule has 1 heterocycles. The van der Waals surface area contributed by atoms with Crippen molar-refractivity contribution in [1.82, 2.24) is 0 Å². The lowest BCUT2D eigenvalue weighted by Crippen LogP contribution is -2.19. The van der Waals surface area contributed by atoms with Gasteiger partial charge in [0.25, 0.3) is 0 Å². The number of Topliss-reactive ketones (excluding diaryl/α,β-unsaturated/α-hetero) is 1. The summed E-state index contributed by atoms with van der Waals surface area (Å²) in [5, 5.41) is 0. The Balaban J connectivity index is 2.24. The van der Waals surface area contributed by atoms with E-state index in [4.69, 9.17) is 4.74 Å². The minimum Gasteiger partial charge on any atom is -0.373 e. The van der Waals surface area contributed by atoms with E-state index in [-0.39, 0.29) is 11.9 Å². The quantitative estimate of drug-likeness (QED) is 0.784. The predicted molar refractivity (Wildman–Crippen MR) is 64.8 cm³/mol. The van der Waals surface area contributed by atoms with Crippen LogP contribution in [0.25, 0.3) is 0 Å². The van der Waals surface area contributed by atoms with Gasteiger partial charge < -0.3 is 4.74 Å². The number of halogens is 2. The molecule has 1 aliphatic rings. The van der Waals surface area contributed by atoms with Crippen molar-refractivity contribution < 1.29 is 9.53 Å². The highest BCUT2D eigenvalue weighted by Gasteiger charge is 2.21. The number of ether oxygens (including phenoxy) is 1. The molecule has 0 aliphatic carbocycles. The summed E-state index contributed by atoms with van der Waals surface area (Å²) in [6.07, 6.45) is 0.953. The van der Waals surface area contributed by atoms with Crippen LogP contribution in [0.5, 0.6) is 0 Å². The molecule has 2 rings (SSSR count). The zero-order valence-electron chi connectivity index (χ0n) is 8.00. The number of hydrogen-bond donors (Lipinski definition) is 0. The van der Waals surface area contributed by atoms with Crippen LogP contribution in [0.4, 0.5) is 0 Å². The highest BCUT2D eigenvalue weighted by atomic mass is 79.9. The summed E-state index contributed by atoms with van der Waals surface area (Å²) in [7, 11) is 0. The fourth-order valence-corrected chi connectivity index (χ4v) is 2.99. The number of hydrogen-bond acceptors (Lipinski definition) is 2. The smallest absolute Gasteiger partial charge is 0.138 e. The Morgan fingerprint density at radius 3 is 2.47 bits per heavy atom. The van der Waals surface area contributed by atoms with Crippen molar-refractivity contribution in [1.29, 1.82) is 0 Å². The average Bonchev–Trinajstić information content (AvgIpc) is 2.16. The Bertz CT molecular complexity index is 370. The molecule has 0 radical (unpaired) electrons. The molecule has 0 N–H and O–H groups in total. The van der Waals surface area contributed by atoms with Crippen LogP contribution >= 0.6 is 31.9 Å². The Kier molecular flexibility index (Phi) is 3.59. The van der Waals surface area contributed by atoms with E-state index in [1.54, 1.807) is 0 Å². The van der Waals surface area contributed by atoms with E-state index in [0.29, 0.717) is 19.4 Å². The molecule has 80 valence electrons. The molecule has 1 saturated heterocycles. The number of carbonyl (C=O) groups excluding carboxylic acids is 1. The zero-order chi connectivity index (χ0) is 10.8. The fourth-order valence-electron chi connectivity index (χ4n) is 1.66. The van der Waals surface area contributed by atoms with Crippen LogP contribution in [0.3, 0.4) is 0 Å². The Hall–Kier alpha value is -0.190. The normalized spacial score (nSPS) is 21.7. The van der Waals surface area contributed by atoms with Gasteiger partial charge in [-0.1, -0.05) is 31.9 Å². The first-order chi connectivity index (χ1) is 7.15. The Morgan fingerprint density at radius 1 is 1.20 bits per heavy atom. The Morgan fingerprint density at radius 2 is 1.87 bits per heavy atom. The van der Waals surface area contributed by atoms with E-state index in [1.807, 2.05) is 18.2 Å². The molecule has 1 aromatic carbocycles. The summed E-state index contributed by atoms with van der Waals surface area (Å²) in [6.45, 7) is 0.535. The Labute approximate surface area is 105 Å². The van der Waals surface area contributed by atoms with Crippen LogP contribution in [0.15, 0.2) is 27.1 Å². The van der Waals surface area contributed by atoms with Crippen molar-refractivity contribution in [2.24, 2.45) is 0 Å². The monoisotopic (exact) mass is 332 g/mol. The van der Waals surface area contributed by atoms with Gasteiger partial charge in [-0.2, -0.15) is 0 Å². The number of carbonyl (C=O) groups is 1. The van der Waals surface area contributed by atoms with Crippen LogP contribution in [0.2, 0.25) is 0 Å². The van der Waals surface area contributed by atoms with E-state index >= 15 is 0 Å². The molecule has 1 aliphatic heterocycles. The third-order valence-corrected chi connectivity index (χ3v) is 3.29. The summed E-state index contributed by atoms with van der Waals surface area (Å²) >= 11 is 6.85. The topological polar surface area (TPSA) is 26.3 Å². The highest BCUT2D eigenvalue weighted by Crippen LogP contribution is 2.30. The summed E-state index contributed by atoms with van der Waals surface area (Å²) in [4.78, 5) is 11.3. The standard InChI is InChI=1S/C11H10Br2O2/c12-8-3-7(4-9(13)5-8)11-6-10(14)1-2-15-11/h3-5,11H,1-2,6H2. The second kappa shape index (κ2) is 4.76. The van der Waals surface area contributed by atoms with Gasteiger partial charge >= 0.3 is 0 Å². The number of benzene rings is 1. The van der Waals surface area contributed by atoms with Gasteiger partial charge in [0.15, 0.2) is 0 Å². The van der Waals surface area contributed by atoms with Gasteiger partial charge in [-0.05, 0) is 23.8 Å². The molecule has 2 nitrogen and oxygen atoms in total. The maximum absolute atomic E-state index is 11.3. The third kappa shape index (κ3) is 2.89. The lowest BCUT2D eigenvalue weighted by molar-refractivity contribution is -0.128. The summed E-state index contributed by atoms with van der Waals surface area (Å²) < 4.78 is 7.57. The average molecular weight is 334 g/mol. The second-order valence-corrected chi connectivity index (χ2v) is 5.39. The van der Waals surface area contributed by atoms with Crippen LogP contribution in [-0.4, -0.2) is 12.4 Å². The van der Waals surface area contributed by atoms with Crippen molar-refractivity contribution in [2.75, 3.05) is 6.61 Å². The number of ketones is 1. The molecule has 0 bridgehead atoms. The molecule has 15 heavy (non-hydrogen) atoms. The predicted octanol–water partition coefficient (Wildman–Crippen LogP) is 3.63. The third-order valence-electron chi connectivity index (χ3n) is 2.37. The molecule has 0 aromatic heterocycles. The summed E-state index contributed by atoms with van der Waals surface area (Å²) in [5.74, 6) is 0.280. The zero-order valence-corrected chi connectivity index (χ0v) is 11.2. The first-order valence-corrected chi connectivity index (χ1v) is 6.33. The first-order valence-electron chi connectivity index (χ1n) is 4.74. The summed E-state index contributed by atoms with van der Waals surface area (Å²) in [6, 6.07) is 5.95. The van der Waals surface area contributed by atoms with Gasteiger partial charge in [-0.3, -0.25) is 4.79 Å². The second-order valence-electron chi connectivity index (χ2n) is 3.56. The van der Waals surface area contributed by atoms with Crippen LogP contribution in [0.1, 0.15) is 24.5 Å². The molecule has 0 amide bonds.